The molecule has 0 unspecified atom stereocenters. The van der Waals surface area contributed by atoms with Crippen LogP contribution in [0.5, 0.6) is 0 Å². The lowest BCUT2D eigenvalue weighted by Gasteiger charge is -1.96. The number of halogens is 3. The fourth-order valence-corrected chi connectivity index (χ4v) is 1.36. The summed E-state index contributed by atoms with van der Waals surface area (Å²) in [4.78, 5) is 9.98. The Hall–Kier alpha value is -1.23. The summed E-state index contributed by atoms with van der Waals surface area (Å²) in [5, 5.41) is 0.237. The molecule has 0 saturated carbocycles. The maximum Gasteiger partial charge on any atom is 0.266 e. The van der Waals surface area contributed by atoms with Gasteiger partial charge in [-0.1, -0.05) is 11.6 Å². The van der Waals surface area contributed by atoms with Crippen LogP contribution in [0.3, 0.4) is 0 Å². The molecule has 0 aromatic carbocycles. The lowest BCUT2D eigenvalue weighted by Crippen LogP contribution is -1.85. The largest absolute Gasteiger partial charge is 0.346 e. The third-order valence-corrected chi connectivity index (χ3v) is 1.98. The molecule has 0 bridgehead atoms. The molecule has 2 rings (SSSR count). The Kier molecular flexibility index (Phi) is 1.88. The maximum atomic E-state index is 12.4. The number of nitrogens with one attached hydrogen (secondary N) is 1. The highest BCUT2D eigenvalue weighted by molar-refractivity contribution is 6.34. The fraction of sp³-hybridized carbons (Fsp3) is 0.143. The predicted octanol–water partition coefficient (Wildman–Crippen LogP) is 2.55. The molecule has 0 atom stereocenters. The zero-order chi connectivity index (χ0) is 9.42. The molecule has 0 saturated heterocycles. The average molecular weight is 204 g/mol. The normalized spacial score (nSPS) is 11.4. The highest BCUT2D eigenvalue weighted by Gasteiger charge is 2.16. The van der Waals surface area contributed by atoms with E-state index >= 15 is 0 Å². The van der Waals surface area contributed by atoms with Crippen molar-refractivity contribution >= 4 is 22.6 Å². The number of fused-ring (bicyclic) bond motifs is 1. The van der Waals surface area contributed by atoms with E-state index in [1.807, 2.05) is 0 Å². The van der Waals surface area contributed by atoms with Crippen molar-refractivity contribution < 1.29 is 8.78 Å². The van der Waals surface area contributed by atoms with Gasteiger partial charge in [0.25, 0.3) is 6.43 Å². The SMILES string of the molecule is FC(F)c1c[nH]c2ncnc(Cl)c12. The Morgan fingerprint density at radius 2 is 2.15 bits per heavy atom. The highest BCUT2D eigenvalue weighted by Crippen LogP contribution is 2.30. The first-order valence-electron chi connectivity index (χ1n) is 3.46. The molecule has 0 amide bonds. The molecule has 2 aromatic heterocycles. The van der Waals surface area contributed by atoms with Crippen LogP contribution < -0.4 is 0 Å². The summed E-state index contributed by atoms with van der Waals surface area (Å²) in [7, 11) is 0. The molecule has 0 aliphatic rings. The number of aromatic nitrogens is 3. The van der Waals surface area contributed by atoms with Crippen molar-refractivity contribution in [3.8, 4) is 0 Å². The van der Waals surface area contributed by atoms with E-state index < -0.39 is 6.43 Å². The van der Waals surface area contributed by atoms with Crippen LogP contribution in [0.25, 0.3) is 11.0 Å². The van der Waals surface area contributed by atoms with Gasteiger partial charge in [0.05, 0.1) is 5.39 Å². The van der Waals surface area contributed by atoms with Gasteiger partial charge in [0.1, 0.15) is 17.1 Å². The number of H-pyrrole nitrogens is 1. The van der Waals surface area contributed by atoms with Crippen LogP contribution in [0.2, 0.25) is 5.15 Å². The van der Waals surface area contributed by atoms with Crippen molar-refractivity contribution in [1.82, 2.24) is 15.0 Å². The molecular weight excluding hydrogens is 200 g/mol. The summed E-state index contributed by atoms with van der Waals surface area (Å²) >= 11 is 5.64. The summed E-state index contributed by atoms with van der Waals surface area (Å²) in [5.74, 6) is 0. The number of hydrogen-bond acceptors (Lipinski definition) is 2. The van der Waals surface area contributed by atoms with Gasteiger partial charge >= 0.3 is 0 Å². The van der Waals surface area contributed by atoms with Crippen molar-refractivity contribution in [3.63, 3.8) is 0 Å². The van der Waals surface area contributed by atoms with Crippen molar-refractivity contribution in [2.24, 2.45) is 0 Å². The van der Waals surface area contributed by atoms with Crippen LogP contribution in [0.15, 0.2) is 12.5 Å². The average Bonchev–Trinajstić information content (AvgIpc) is 2.49. The predicted molar refractivity (Wildman–Crippen MR) is 43.9 cm³/mol. The second-order valence-electron chi connectivity index (χ2n) is 2.43. The number of aromatic amines is 1. The zero-order valence-electron chi connectivity index (χ0n) is 6.26. The van der Waals surface area contributed by atoms with Crippen LogP contribution in [0.4, 0.5) is 8.78 Å². The molecule has 13 heavy (non-hydrogen) atoms. The van der Waals surface area contributed by atoms with E-state index in [4.69, 9.17) is 11.6 Å². The Morgan fingerprint density at radius 1 is 1.38 bits per heavy atom. The summed E-state index contributed by atoms with van der Waals surface area (Å²) in [6.45, 7) is 0. The van der Waals surface area contributed by atoms with Gasteiger partial charge in [-0.2, -0.15) is 0 Å². The summed E-state index contributed by atoms with van der Waals surface area (Å²) in [6.07, 6.45) is -0.163. The first-order valence-corrected chi connectivity index (χ1v) is 3.83. The topological polar surface area (TPSA) is 41.6 Å². The first-order chi connectivity index (χ1) is 6.20. The van der Waals surface area contributed by atoms with Gasteiger partial charge in [-0.15, -0.1) is 0 Å². The fourth-order valence-electron chi connectivity index (χ4n) is 1.12. The molecule has 0 spiro atoms. The van der Waals surface area contributed by atoms with Gasteiger partial charge in [-0.3, -0.25) is 0 Å². The number of alkyl halides is 2. The molecule has 3 nitrogen and oxygen atoms in total. The second kappa shape index (κ2) is 2.92. The lowest BCUT2D eigenvalue weighted by molar-refractivity contribution is 0.153. The van der Waals surface area contributed by atoms with E-state index in [2.05, 4.69) is 15.0 Å². The van der Waals surface area contributed by atoms with Gasteiger partial charge in [0, 0.05) is 11.8 Å². The summed E-state index contributed by atoms with van der Waals surface area (Å²) < 4.78 is 24.8. The van der Waals surface area contributed by atoms with Crippen LogP contribution in [0, 0.1) is 0 Å². The molecule has 2 heterocycles. The molecule has 0 radical (unpaired) electrons. The van der Waals surface area contributed by atoms with Crippen LogP contribution >= 0.6 is 11.6 Å². The molecule has 68 valence electrons. The van der Waals surface area contributed by atoms with Crippen molar-refractivity contribution in [3.05, 3.63) is 23.2 Å². The highest BCUT2D eigenvalue weighted by atomic mass is 35.5. The third kappa shape index (κ3) is 1.25. The Morgan fingerprint density at radius 3 is 2.85 bits per heavy atom. The molecular formula is C7H4ClF2N3. The quantitative estimate of drug-likeness (QED) is 0.724. The molecule has 0 aliphatic heterocycles. The third-order valence-electron chi connectivity index (χ3n) is 1.69. The van der Waals surface area contributed by atoms with E-state index in [1.165, 1.54) is 12.5 Å². The monoisotopic (exact) mass is 203 g/mol. The zero-order valence-corrected chi connectivity index (χ0v) is 7.02. The van der Waals surface area contributed by atoms with E-state index in [0.29, 0.717) is 5.65 Å². The number of nitrogens with zero attached hydrogens (tertiary/aromatic N) is 2. The molecule has 1 N–H and O–H groups in total. The van der Waals surface area contributed by atoms with Gasteiger partial charge in [-0.25, -0.2) is 18.7 Å². The van der Waals surface area contributed by atoms with Crippen molar-refractivity contribution in [2.75, 3.05) is 0 Å². The summed E-state index contributed by atoms with van der Waals surface area (Å²) in [5.41, 5.74) is 0.163. The molecule has 6 heteroatoms. The van der Waals surface area contributed by atoms with Crippen molar-refractivity contribution in [2.45, 2.75) is 6.43 Å². The van der Waals surface area contributed by atoms with Crippen LogP contribution in [-0.2, 0) is 0 Å². The minimum atomic E-state index is -2.57. The van der Waals surface area contributed by atoms with E-state index in [9.17, 15) is 8.78 Å². The minimum absolute atomic E-state index is 0.0431. The van der Waals surface area contributed by atoms with Crippen LogP contribution in [0.1, 0.15) is 12.0 Å². The van der Waals surface area contributed by atoms with Gasteiger partial charge in [0.15, 0.2) is 0 Å². The first kappa shape index (κ1) is 8.37. The Balaban J connectivity index is 2.79. The smallest absolute Gasteiger partial charge is 0.266 e. The van der Waals surface area contributed by atoms with Gasteiger partial charge in [-0.05, 0) is 0 Å². The standard InChI is InChI=1S/C7H4ClF2N3/c8-5-4-3(6(9)10)1-11-7(4)13-2-12-5/h1-2,6H,(H,11,12,13). The molecule has 0 aliphatic carbocycles. The van der Waals surface area contributed by atoms with Crippen LogP contribution in [-0.4, -0.2) is 15.0 Å². The molecule has 2 aromatic rings. The van der Waals surface area contributed by atoms with Crippen molar-refractivity contribution in [1.29, 1.82) is 0 Å². The summed E-state index contributed by atoms with van der Waals surface area (Å²) in [6, 6.07) is 0. The molecule has 0 fully saturated rings. The second-order valence-corrected chi connectivity index (χ2v) is 2.79. The maximum absolute atomic E-state index is 12.4. The van der Waals surface area contributed by atoms with Gasteiger partial charge < -0.3 is 4.98 Å². The Bertz CT molecular complexity index is 440. The van der Waals surface area contributed by atoms with E-state index in [-0.39, 0.29) is 16.1 Å². The van der Waals surface area contributed by atoms with E-state index in [0.717, 1.165) is 0 Å². The Labute approximate surface area is 76.8 Å². The minimum Gasteiger partial charge on any atom is -0.346 e. The van der Waals surface area contributed by atoms with Gasteiger partial charge in [0.2, 0.25) is 0 Å². The van der Waals surface area contributed by atoms with E-state index in [1.54, 1.807) is 0 Å². The number of hydrogen-bond donors (Lipinski definition) is 1. The lowest BCUT2D eigenvalue weighted by atomic mass is 10.2. The number of rotatable bonds is 1.